The van der Waals surface area contributed by atoms with Gasteiger partial charge in [-0.3, -0.25) is 14.3 Å². The highest BCUT2D eigenvalue weighted by molar-refractivity contribution is 5.91. The topological polar surface area (TPSA) is 101 Å². The van der Waals surface area contributed by atoms with Gasteiger partial charge in [0.05, 0.1) is 17.0 Å². The molecule has 0 bridgehead atoms. The molecule has 2 aliphatic heterocycles. The average molecular weight is 592 g/mol. The van der Waals surface area contributed by atoms with Crippen molar-refractivity contribution in [3.05, 3.63) is 70.7 Å². The Balaban J connectivity index is 1.81. The molecule has 228 valence electrons. The van der Waals surface area contributed by atoms with Crippen molar-refractivity contribution in [1.82, 2.24) is 24.3 Å². The first kappa shape index (κ1) is 30.3. The fourth-order valence-corrected chi connectivity index (χ4v) is 6.68. The summed E-state index contributed by atoms with van der Waals surface area (Å²) in [5.41, 5.74) is 6.33. The Morgan fingerprint density at radius 2 is 1.86 bits per heavy atom. The molecule has 4 heterocycles. The summed E-state index contributed by atoms with van der Waals surface area (Å²) in [6.45, 7) is 15.0. The summed E-state index contributed by atoms with van der Waals surface area (Å²) < 4.78 is 32.6. The summed E-state index contributed by atoms with van der Waals surface area (Å²) in [6.07, 6.45) is 3.35. The first-order valence-corrected chi connectivity index (χ1v) is 14.6. The predicted molar refractivity (Wildman–Crippen MR) is 166 cm³/mol. The molecule has 2 unspecified atom stereocenters. The summed E-state index contributed by atoms with van der Waals surface area (Å²) in [7, 11) is 2.00. The van der Waals surface area contributed by atoms with E-state index in [0.29, 0.717) is 25.0 Å². The number of hydrogen-bond donors (Lipinski definition) is 1. The molecule has 0 spiro atoms. The lowest BCUT2D eigenvalue weighted by Gasteiger charge is -2.45. The fraction of sp³-hybridized carbons (Fsp3) is 0.438. The molecule has 3 aromatic rings. The molecule has 2 aromatic heterocycles. The number of halogens is 2. The number of pyridine rings is 1. The fourth-order valence-electron chi connectivity index (χ4n) is 6.68. The molecule has 0 saturated carbocycles. The highest BCUT2D eigenvalue weighted by atomic mass is 19.1. The van der Waals surface area contributed by atoms with Crippen LogP contribution in [0.5, 0.6) is 0 Å². The van der Waals surface area contributed by atoms with E-state index in [4.69, 9.17) is 5.73 Å². The van der Waals surface area contributed by atoms with Gasteiger partial charge < -0.3 is 15.5 Å². The number of nitrogen functional groups attached to an aromatic ring is 1. The largest absolute Gasteiger partial charge is 0.398 e. The lowest BCUT2D eigenvalue weighted by atomic mass is 9.87. The number of nitrogens with two attached hydrogens (primary N) is 1. The number of piperazine rings is 1. The zero-order valence-corrected chi connectivity index (χ0v) is 25.5. The lowest BCUT2D eigenvalue weighted by Crippen LogP contribution is -2.58. The Bertz CT molecular complexity index is 1660. The molecule has 0 aliphatic carbocycles. The number of fused-ring (bicyclic) bond motifs is 1. The van der Waals surface area contributed by atoms with E-state index in [2.05, 4.69) is 41.4 Å². The molecule has 4 atom stereocenters. The van der Waals surface area contributed by atoms with Gasteiger partial charge in [-0.25, -0.2) is 18.6 Å². The smallest absolute Gasteiger partial charge is 0.351 e. The number of nitrogens with zero attached hydrogens (tertiary/aromatic N) is 6. The molecule has 0 radical (unpaired) electrons. The van der Waals surface area contributed by atoms with Crippen molar-refractivity contribution in [2.45, 2.75) is 58.8 Å². The van der Waals surface area contributed by atoms with Crippen LogP contribution in [0.3, 0.4) is 0 Å². The van der Waals surface area contributed by atoms with Crippen LogP contribution in [-0.2, 0) is 4.79 Å². The van der Waals surface area contributed by atoms with E-state index in [9.17, 15) is 9.59 Å². The van der Waals surface area contributed by atoms with Gasteiger partial charge in [0.25, 0.3) is 0 Å². The predicted octanol–water partition coefficient (Wildman–Crippen LogP) is 4.39. The van der Waals surface area contributed by atoms with Crippen molar-refractivity contribution >= 4 is 28.4 Å². The van der Waals surface area contributed by atoms with Crippen LogP contribution < -0.4 is 16.3 Å². The zero-order chi connectivity index (χ0) is 31.3. The molecular formula is C32H39F2N7O2. The van der Waals surface area contributed by atoms with Gasteiger partial charge in [0.15, 0.2) is 5.82 Å². The monoisotopic (exact) mass is 591 g/mol. The number of carbonyl (C=O) groups excluding carboxylic acids is 1. The van der Waals surface area contributed by atoms with Crippen LogP contribution in [0.1, 0.15) is 40.7 Å². The minimum Gasteiger partial charge on any atom is -0.398 e. The Labute approximate surface area is 250 Å². The minimum atomic E-state index is -0.785. The first-order chi connectivity index (χ1) is 20.3. The highest BCUT2D eigenvalue weighted by Crippen LogP contribution is 2.38. The summed E-state index contributed by atoms with van der Waals surface area (Å²) in [5.74, 6) is -1.26. The third-order valence-electron chi connectivity index (χ3n) is 8.79. The van der Waals surface area contributed by atoms with Gasteiger partial charge in [-0.2, -0.15) is 4.98 Å². The van der Waals surface area contributed by atoms with E-state index in [1.54, 1.807) is 4.90 Å². The number of likely N-dealkylation sites (N-methyl/N-ethyl adjacent to an activating group) is 1. The molecule has 2 aliphatic rings. The summed E-state index contributed by atoms with van der Waals surface area (Å²) in [6, 6.07) is 4.41. The van der Waals surface area contributed by atoms with Crippen LogP contribution in [0.2, 0.25) is 0 Å². The molecule has 9 nitrogen and oxygen atoms in total. The van der Waals surface area contributed by atoms with Crippen LogP contribution >= 0.6 is 0 Å². The van der Waals surface area contributed by atoms with E-state index in [1.165, 1.54) is 34.9 Å². The highest BCUT2D eigenvalue weighted by Gasteiger charge is 2.38. The van der Waals surface area contributed by atoms with Crippen molar-refractivity contribution in [2.75, 3.05) is 37.3 Å². The second-order valence-electron chi connectivity index (χ2n) is 12.1. The average Bonchev–Trinajstić information content (AvgIpc) is 2.95. The Hall–Kier alpha value is -4.12. The molecule has 1 aromatic carbocycles. The molecule has 1 fully saturated rings. The summed E-state index contributed by atoms with van der Waals surface area (Å²) in [4.78, 5) is 41.7. The first-order valence-electron chi connectivity index (χ1n) is 14.6. The molecule has 5 rings (SSSR count). The summed E-state index contributed by atoms with van der Waals surface area (Å²) in [5, 5.41) is 0.321. The lowest BCUT2D eigenvalue weighted by molar-refractivity contribution is -0.128. The molecule has 2 N–H and O–H groups in total. The second-order valence-corrected chi connectivity index (χ2v) is 12.1. The number of amides is 1. The number of hydrogen-bond acceptors (Lipinski definition) is 7. The third kappa shape index (κ3) is 5.20. The summed E-state index contributed by atoms with van der Waals surface area (Å²) >= 11 is 0. The maximum absolute atomic E-state index is 16.0. The Morgan fingerprint density at radius 1 is 1.14 bits per heavy atom. The van der Waals surface area contributed by atoms with E-state index in [1.807, 2.05) is 32.7 Å². The van der Waals surface area contributed by atoms with Gasteiger partial charge in [-0.1, -0.05) is 38.1 Å². The third-order valence-corrected chi connectivity index (χ3v) is 8.79. The van der Waals surface area contributed by atoms with Crippen molar-refractivity contribution < 1.29 is 13.6 Å². The molecule has 43 heavy (non-hydrogen) atoms. The van der Waals surface area contributed by atoms with E-state index < -0.39 is 23.4 Å². The van der Waals surface area contributed by atoms with Gasteiger partial charge in [0, 0.05) is 43.4 Å². The van der Waals surface area contributed by atoms with Gasteiger partial charge in [0.1, 0.15) is 23.0 Å². The quantitative estimate of drug-likeness (QED) is 0.267. The maximum atomic E-state index is 16.0. The SMILES string of the molecule is C=CC(=O)N1C[C@H](C)N(c2nc(=O)n(C3C(C)=CCN(C)C3C(C)C)c3nc(-c4c(N)cccc4F)c(F)cc23)C[C@H]1C. The van der Waals surface area contributed by atoms with Gasteiger partial charge in [0.2, 0.25) is 5.91 Å². The van der Waals surface area contributed by atoms with Gasteiger partial charge in [-0.15, -0.1) is 0 Å². The van der Waals surface area contributed by atoms with Crippen molar-refractivity contribution in [1.29, 1.82) is 0 Å². The number of rotatable bonds is 5. The Morgan fingerprint density at radius 3 is 2.51 bits per heavy atom. The van der Waals surface area contributed by atoms with E-state index in [-0.39, 0.29) is 58.4 Å². The van der Waals surface area contributed by atoms with E-state index in [0.717, 1.165) is 5.57 Å². The molecule has 1 amide bonds. The van der Waals surface area contributed by atoms with Crippen LogP contribution in [0.15, 0.2) is 53.4 Å². The Kier molecular flexibility index (Phi) is 8.13. The van der Waals surface area contributed by atoms with Crippen molar-refractivity contribution in [3.63, 3.8) is 0 Å². The standard InChI is InChI=1S/C32H39F2N7O2/c1-8-25(42)39-15-20(6)40(16-19(39)5)30-21-14-23(34)27(26-22(33)10-9-11-24(26)35)36-31(21)41(32(43)37-30)29-18(4)12-13-38(7)28(29)17(2)3/h8-12,14,17,19-20,28-29H,1,13,15-16,35H2,2-7H3/t19-,20+,28?,29?/m1/s1. The number of benzene rings is 1. The van der Waals surface area contributed by atoms with Gasteiger partial charge >= 0.3 is 5.69 Å². The van der Waals surface area contributed by atoms with Crippen LogP contribution in [0, 0.1) is 17.6 Å². The number of carbonyl (C=O) groups is 1. The van der Waals surface area contributed by atoms with Crippen molar-refractivity contribution in [3.8, 4) is 11.3 Å². The molecule has 1 saturated heterocycles. The maximum Gasteiger partial charge on any atom is 0.351 e. The van der Waals surface area contributed by atoms with Gasteiger partial charge in [-0.05, 0) is 58.0 Å². The molecular weight excluding hydrogens is 552 g/mol. The second kappa shape index (κ2) is 11.5. The van der Waals surface area contributed by atoms with Crippen LogP contribution in [0.25, 0.3) is 22.3 Å². The van der Waals surface area contributed by atoms with Crippen molar-refractivity contribution in [2.24, 2.45) is 5.92 Å². The van der Waals surface area contributed by atoms with E-state index >= 15 is 8.78 Å². The minimum absolute atomic E-state index is 0.0351. The zero-order valence-electron chi connectivity index (χ0n) is 25.5. The van der Waals surface area contributed by atoms with Crippen LogP contribution in [-0.4, -0.2) is 75.0 Å². The number of aromatic nitrogens is 3. The normalized spacial score (nSPS) is 23.1. The number of anilines is 2. The van der Waals surface area contributed by atoms with Crippen LogP contribution in [0.4, 0.5) is 20.3 Å². The molecule has 11 heteroatoms.